The SMILES string of the molecule is COc1cccc(C[C@@H]2COCCN(C(=O)C3CCOCC3)C2)c1. The van der Waals surface area contributed by atoms with E-state index in [2.05, 4.69) is 12.1 Å². The van der Waals surface area contributed by atoms with Crippen LogP contribution >= 0.6 is 0 Å². The molecule has 0 spiro atoms. The number of carbonyl (C=O) groups excluding carboxylic acids is 1. The van der Waals surface area contributed by atoms with Gasteiger partial charge < -0.3 is 19.1 Å². The second-order valence-corrected chi connectivity index (χ2v) is 6.67. The zero-order chi connectivity index (χ0) is 16.8. The van der Waals surface area contributed by atoms with Crippen molar-refractivity contribution in [3.05, 3.63) is 29.8 Å². The van der Waals surface area contributed by atoms with Crippen LogP contribution in [0.15, 0.2) is 24.3 Å². The van der Waals surface area contributed by atoms with Crippen LogP contribution in [-0.2, 0) is 20.7 Å². The van der Waals surface area contributed by atoms with Gasteiger partial charge in [-0.15, -0.1) is 0 Å². The van der Waals surface area contributed by atoms with Crippen molar-refractivity contribution in [1.82, 2.24) is 4.90 Å². The van der Waals surface area contributed by atoms with Crippen molar-refractivity contribution in [3.8, 4) is 5.75 Å². The number of nitrogens with zero attached hydrogens (tertiary/aromatic N) is 1. The topological polar surface area (TPSA) is 48.0 Å². The largest absolute Gasteiger partial charge is 0.497 e. The van der Waals surface area contributed by atoms with Crippen LogP contribution in [0.1, 0.15) is 18.4 Å². The van der Waals surface area contributed by atoms with Gasteiger partial charge >= 0.3 is 0 Å². The summed E-state index contributed by atoms with van der Waals surface area (Å²) < 4.78 is 16.4. The molecule has 2 saturated heterocycles. The Bertz CT molecular complexity index is 542. The molecule has 0 aromatic heterocycles. The number of rotatable bonds is 4. The maximum absolute atomic E-state index is 12.8. The Balaban J connectivity index is 1.62. The minimum atomic E-state index is 0.120. The molecule has 0 bridgehead atoms. The summed E-state index contributed by atoms with van der Waals surface area (Å²) in [6, 6.07) is 8.14. The predicted octanol–water partition coefficient (Wildman–Crippen LogP) is 2.14. The molecule has 0 radical (unpaired) electrons. The summed E-state index contributed by atoms with van der Waals surface area (Å²) in [5, 5.41) is 0. The second-order valence-electron chi connectivity index (χ2n) is 6.67. The van der Waals surface area contributed by atoms with Gasteiger partial charge in [-0.1, -0.05) is 12.1 Å². The summed E-state index contributed by atoms with van der Waals surface area (Å²) >= 11 is 0. The molecule has 0 N–H and O–H groups in total. The van der Waals surface area contributed by atoms with E-state index in [0.717, 1.165) is 31.6 Å². The Hall–Kier alpha value is -1.59. The molecule has 1 atom stereocenters. The van der Waals surface area contributed by atoms with Gasteiger partial charge in [0.15, 0.2) is 0 Å². The Kier molecular flexibility index (Phi) is 6.10. The van der Waals surface area contributed by atoms with Crippen molar-refractivity contribution in [3.63, 3.8) is 0 Å². The van der Waals surface area contributed by atoms with Gasteiger partial charge in [-0.05, 0) is 37.0 Å². The van der Waals surface area contributed by atoms with Crippen LogP contribution in [0.5, 0.6) is 5.75 Å². The molecule has 0 aliphatic carbocycles. The smallest absolute Gasteiger partial charge is 0.225 e. The van der Waals surface area contributed by atoms with E-state index in [-0.39, 0.29) is 11.8 Å². The van der Waals surface area contributed by atoms with Gasteiger partial charge in [-0.3, -0.25) is 4.79 Å². The molecule has 3 rings (SSSR count). The van der Waals surface area contributed by atoms with Crippen LogP contribution in [0.4, 0.5) is 0 Å². The first-order chi connectivity index (χ1) is 11.8. The van der Waals surface area contributed by atoms with Gasteiger partial charge in [0.05, 0.1) is 20.3 Å². The van der Waals surface area contributed by atoms with Gasteiger partial charge in [0.2, 0.25) is 5.91 Å². The Morgan fingerprint density at radius 2 is 2.08 bits per heavy atom. The number of ether oxygens (including phenoxy) is 3. The average Bonchev–Trinajstić information content (AvgIpc) is 2.87. The van der Waals surface area contributed by atoms with E-state index < -0.39 is 0 Å². The van der Waals surface area contributed by atoms with E-state index in [4.69, 9.17) is 14.2 Å². The lowest BCUT2D eigenvalue weighted by atomic mass is 9.96. The molecule has 0 saturated carbocycles. The molecule has 5 heteroatoms. The van der Waals surface area contributed by atoms with Gasteiger partial charge in [0.1, 0.15) is 5.75 Å². The van der Waals surface area contributed by atoms with E-state index in [0.29, 0.717) is 38.9 Å². The Labute approximate surface area is 143 Å². The summed E-state index contributed by atoms with van der Waals surface area (Å²) in [6.07, 6.45) is 2.59. The number of methoxy groups -OCH3 is 1. The summed E-state index contributed by atoms with van der Waals surface area (Å²) in [5.74, 6) is 1.59. The van der Waals surface area contributed by atoms with Crippen molar-refractivity contribution in [1.29, 1.82) is 0 Å². The first-order valence-electron chi connectivity index (χ1n) is 8.83. The third-order valence-electron chi connectivity index (χ3n) is 4.88. The Morgan fingerprint density at radius 3 is 2.88 bits per heavy atom. The fourth-order valence-corrected chi connectivity index (χ4v) is 3.54. The monoisotopic (exact) mass is 333 g/mol. The molecule has 2 aliphatic heterocycles. The summed E-state index contributed by atoms with van der Waals surface area (Å²) in [4.78, 5) is 14.8. The fourth-order valence-electron chi connectivity index (χ4n) is 3.54. The van der Waals surface area contributed by atoms with Gasteiger partial charge in [0.25, 0.3) is 0 Å². The van der Waals surface area contributed by atoms with Crippen LogP contribution in [0.25, 0.3) is 0 Å². The molecular weight excluding hydrogens is 306 g/mol. The predicted molar refractivity (Wildman–Crippen MR) is 91.1 cm³/mol. The van der Waals surface area contributed by atoms with E-state index in [1.807, 2.05) is 17.0 Å². The van der Waals surface area contributed by atoms with Crippen LogP contribution in [0.3, 0.4) is 0 Å². The molecule has 2 aliphatic rings. The number of hydrogen-bond donors (Lipinski definition) is 0. The lowest BCUT2D eigenvalue weighted by Gasteiger charge is -2.29. The van der Waals surface area contributed by atoms with Crippen molar-refractivity contribution < 1.29 is 19.0 Å². The summed E-state index contributed by atoms with van der Waals surface area (Å²) in [5.41, 5.74) is 1.23. The molecule has 1 amide bonds. The zero-order valence-electron chi connectivity index (χ0n) is 14.4. The standard InChI is InChI=1S/C19H27NO4/c1-22-18-4-2-3-15(12-18)11-16-13-20(7-10-24-14-16)19(21)17-5-8-23-9-6-17/h2-4,12,16-17H,5-11,13-14H2,1H3/t16-/m0/s1. The summed E-state index contributed by atoms with van der Waals surface area (Å²) in [6.45, 7) is 4.21. The molecule has 1 aromatic rings. The highest BCUT2D eigenvalue weighted by Crippen LogP contribution is 2.22. The molecular formula is C19H27NO4. The maximum atomic E-state index is 12.8. The van der Waals surface area contributed by atoms with E-state index >= 15 is 0 Å². The first-order valence-corrected chi connectivity index (χ1v) is 8.83. The van der Waals surface area contributed by atoms with Crippen molar-refractivity contribution in [2.45, 2.75) is 19.3 Å². The normalized spacial score (nSPS) is 22.9. The highest BCUT2D eigenvalue weighted by atomic mass is 16.5. The number of carbonyl (C=O) groups is 1. The van der Waals surface area contributed by atoms with Crippen LogP contribution in [0, 0.1) is 11.8 Å². The summed E-state index contributed by atoms with van der Waals surface area (Å²) in [7, 11) is 1.68. The minimum Gasteiger partial charge on any atom is -0.497 e. The Morgan fingerprint density at radius 1 is 1.25 bits per heavy atom. The van der Waals surface area contributed by atoms with E-state index in [1.165, 1.54) is 5.56 Å². The molecule has 1 aromatic carbocycles. The van der Waals surface area contributed by atoms with Gasteiger partial charge in [-0.2, -0.15) is 0 Å². The molecule has 2 heterocycles. The zero-order valence-corrected chi connectivity index (χ0v) is 14.4. The lowest BCUT2D eigenvalue weighted by molar-refractivity contribution is -0.138. The highest BCUT2D eigenvalue weighted by Gasteiger charge is 2.29. The molecule has 132 valence electrons. The third kappa shape index (κ3) is 4.48. The molecule has 24 heavy (non-hydrogen) atoms. The maximum Gasteiger partial charge on any atom is 0.225 e. The van der Waals surface area contributed by atoms with Crippen LogP contribution < -0.4 is 4.74 Å². The van der Waals surface area contributed by atoms with Crippen molar-refractivity contribution in [2.24, 2.45) is 11.8 Å². The fraction of sp³-hybridized carbons (Fsp3) is 0.632. The van der Waals surface area contributed by atoms with Crippen molar-refractivity contribution >= 4 is 5.91 Å². The van der Waals surface area contributed by atoms with Gasteiger partial charge in [-0.25, -0.2) is 0 Å². The highest BCUT2D eigenvalue weighted by molar-refractivity contribution is 5.79. The quantitative estimate of drug-likeness (QED) is 0.847. The minimum absolute atomic E-state index is 0.120. The van der Waals surface area contributed by atoms with Crippen LogP contribution in [-0.4, -0.2) is 57.4 Å². The molecule has 0 unspecified atom stereocenters. The van der Waals surface area contributed by atoms with E-state index in [9.17, 15) is 4.79 Å². The lowest BCUT2D eigenvalue weighted by Crippen LogP contribution is -2.41. The number of benzene rings is 1. The second kappa shape index (κ2) is 8.49. The number of hydrogen-bond acceptors (Lipinski definition) is 4. The molecule has 5 nitrogen and oxygen atoms in total. The van der Waals surface area contributed by atoms with Crippen LogP contribution in [0.2, 0.25) is 0 Å². The average molecular weight is 333 g/mol. The van der Waals surface area contributed by atoms with Crippen molar-refractivity contribution in [2.75, 3.05) is 46.6 Å². The third-order valence-corrected chi connectivity index (χ3v) is 4.88. The number of amides is 1. The first kappa shape index (κ1) is 17.2. The van der Waals surface area contributed by atoms with Gasteiger partial charge in [0, 0.05) is 38.1 Å². The molecule has 2 fully saturated rings. The van der Waals surface area contributed by atoms with E-state index in [1.54, 1.807) is 7.11 Å².